The Morgan fingerprint density at radius 3 is 2.16 bits per heavy atom. The van der Waals surface area contributed by atoms with Crippen LogP contribution in [0.25, 0.3) is 6.08 Å². The number of anilines is 2. The Balaban J connectivity index is 1.83. The van der Waals surface area contributed by atoms with E-state index >= 15 is 0 Å². The van der Waals surface area contributed by atoms with Crippen molar-refractivity contribution in [2.24, 2.45) is 5.73 Å². The molecule has 0 heterocycles. The molecular weight excluding hydrogens is 453 g/mol. The van der Waals surface area contributed by atoms with Gasteiger partial charge in [0, 0.05) is 29.7 Å². The van der Waals surface area contributed by atoms with Gasteiger partial charge >= 0.3 is 0 Å². The molecule has 3 N–H and O–H groups in total. The number of nitrogens with one attached hydrogen (secondary N) is 1. The van der Waals surface area contributed by atoms with Crippen molar-refractivity contribution < 1.29 is 8.42 Å². The van der Waals surface area contributed by atoms with Gasteiger partial charge in [0.15, 0.2) is 0 Å². The molecule has 0 spiro atoms. The zero-order chi connectivity index (χ0) is 22.3. The maximum Gasteiger partial charge on any atom is 0.264 e. The summed E-state index contributed by atoms with van der Waals surface area (Å²) in [4.78, 5) is 0.155. The van der Waals surface area contributed by atoms with E-state index in [-0.39, 0.29) is 18.0 Å². The predicted molar refractivity (Wildman–Crippen MR) is 130 cm³/mol. The highest BCUT2D eigenvalue weighted by molar-refractivity contribution is 7.92. The molecule has 5 nitrogen and oxygen atoms in total. The van der Waals surface area contributed by atoms with Crippen LogP contribution in [0.4, 0.5) is 11.4 Å². The monoisotopic (exact) mass is 475 g/mol. The molecule has 162 valence electrons. The van der Waals surface area contributed by atoms with Crippen molar-refractivity contribution in [2.75, 3.05) is 29.3 Å². The number of nitrogens with zero attached hydrogens (tertiary/aromatic N) is 1. The average Bonchev–Trinajstić information content (AvgIpc) is 2.77. The Hall–Kier alpha value is -2.51. The van der Waals surface area contributed by atoms with E-state index in [4.69, 9.17) is 28.9 Å². The van der Waals surface area contributed by atoms with Crippen LogP contribution in [-0.4, -0.2) is 28.1 Å². The van der Waals surface area contributed by atoms with Gasteiger partial charge in [-0.05, 0) is 54.1 Å². The molecule has 0 unspecified atom stereocenters. The number of sulfonamides is 1. The number of halogens is 2. The summed E-state index contributed by atoms with van der Waals surface area (Å²) < 4.78 is 27.9. The summed E-state index contributed by atoms with van der Waals surface area (Å²) in [5.41, 5.74) is 7.99. The minimum absolute atomic E-state index is 0.143. The number of nitrogens with two attached hydrogens (primary N) is 1. The molecule has 0 aromatic heterocycles. The van der Waals surface area contributed by atoms with Crippen LogP contribution in [-0.2, 0) is 10.0 Å². The van der Waals surface area contributed by atoms with Crippen molar-refractivity contribution in [3.05, 3.63) is 94.5 Å². The van der Waals surface area contributed by atoms with Gasteiger partial charge in [0.2, 0.25) is 0 Å². The first-order valence-electron chi connectivity index (χ1n) is 9.65. The fourth-order valence-corrected chi connectivity index (χ4v) is 4.75. The normalized spacial score (nSPS) is 11.6. The Bertz CT molecular complexity index is 1130. The Kier molecular flexibility index (Phi) is 7.98. The van der Waals surface area contributed by atoms with E-state index in [0.29, 0.717) is 28.0 Å². The number of benzene rings is 3. The fraction of sp³-hybridized carbons (Fsp3) is 0.130. The quantitative estimate of drug-likeness (QED) is 0.441. The number of para-hydroxylation sites is 2. The van der Waals surface area contributed by atoms with Gasteiger partial charge in [-0.1, -0.05) is 59.6 Å². The molecule has 0 fully saturated rings. The van der Waals surface area contributed by atoms with Crippen molar-refractivity contribution in [3.8, 4) is 0 Å². The lowest BCUT2D eigenvalue weighted by Crippen LogP contribution is -2.36. The third-order valence-electron chi connectivity index (χ3n) is 4.50. The van der Waals surface area contributed by atoms with E-state index in [9.17, 15) is 8.42 Å². The minimum Gasteiger partial charge on any atom is -0.380 e. The zero-order valence-corrected chi connectivity index (χ0v) is 19.0. The molecule has 31 heavy (non-hydrogen) atoms. The van der Waals surface area contributed by atoms with Gasteiger partial charge < -0.3 is 11.1 Å². The minimum atomic E-state index is -3.81. The molecule has 3 aromatic rings. The van der Waals surface area contributed by atoms with Crippen LogP contribution in [0.2, 0.25) is 10.0 Å². The maximum absolute atomic E-state index is 13.3. The van der Waals surface area contributed by atoms with E-state index in [2.05, 4.69) is 5.32 Å². The van der Waals surface area contributed by atoms with E-state index in [1.165, 1.54) is 16.4 Å². The van der Waals surface area contributed by atoms with Gasteiger partial charge in [-0.3, -0.25) is 4.31 Å². The zero-order valence-electron chi connectivity index (χ0n) is 16.7. The highest BCUT2D eigenvalue weighted by Crippen LogP contribution is 2.30. The van der Waals surface area contributed by atoms with Crippen molar-refractivity contribution in [3.63, 3.8) is 0 Å². The van der Waals surface area contributed by atoms with E-state index in [1.54, 1.807) is 24.3 Å². The first-order valence-corrected chi connectivity index (χ1v) is 11.8. The van der Waals surface area contributed by atoms with Gasteiger partial charge in [0.05, 0.1) is 16.3 Å². The van der Waals surface area contributed by atoms with Gasteiger partial charge in [0.1, 0.15) is 0 Å². The van der Waals surface area contributed by atoms with Crippen molar-refractivity contribution in [1.82, 2.24) is 0 Å². The molecule has 0 saturated heterocycles. The average molecular weight is 476 g/mol. The lowest BCUT2D eigenvalue weighted by Gasteiger charge is -2.26. The van der Waals surface area contributed by atoms with E-state index in [0.717, 1.165) is 5.56 Å². The Morgan fingerprint density at radius 2 is 1.52 bits per heavy atom. The highest BCUT2D eigenvalue weighted by atomic mass is 35.5. The molecule has 0 atom stereocenters. The Morgan fingerprint density at radius 1 is 0.903 bits per heavy atom. The lowest BCUT2D eigenvalue weighted by molar-refractivity contribution is 0.591. The molecule has 0 aliphatic carbocycles. The van der Waals surface area contributed by atoms with Crippen LogP contribution in [0.3, 0.4) is 0 Å². The Labute approximate surface area is 193 Å². The second-order valence-corrected chi connectivity index (χ2v) is 9.41. The smallest absolute Gasteiger partial charge is 0.264 e. The van der Waals surface area contributed by atoms with Gasteiger partial charge in [-0.25, -0.2) is 8.42 Å². The van der Waals surface area contributed by atoms with Crippen LogP contribution < -0.4 is 15.4 Å². The largest absolute Gasteiger partial charge is 0.380 e. The third kappa shape index (κ3) is 6.02. The van der Waals surface area contributed by atoms with Crippen molar-refractivity contribution in [2.45, 2.75) is 4.90 Å². The molecule has 8 heteroatoms. The summed E-state index contributed by atoms with van der Waals surface area (Å²) in [5.74, 6) is 0. The first kappa shape index (κ1) is 23.2. The van der Waals surface area contributed by atoms with Crippen molar-refractivity contribution >= 4 is 50.7 Å². The first-order chi connectivity index (χ1) is 14.9. The molecule has 0 aliphatic heterocycles. The third-order valence-corrected chi connectivity index (χ3v) is 6.83. The standard InChI is InChI=1S/C23H23Cl2N3O2S/c24-19-9-7-18(8-10-19)4-3-16-27-22-5-1-2-6-23(22)28(17-15-26)31(29,30)21-13-11-20(25)12-14-21/h1-14,27H,15-17,26H2/b4-3+. The second-order valence-electron chi connectivity index (χ2n) is 6.67. The summed E-state index contributed by atoms with van der Waals surface area (Å²) in [6.07, 6.45) is 3.93. The van der Waals surface area contributed by atoms with Crippen LogP contribution >= 0.6 is 23.2 Å². The molecule has 0 amide bonds. The van der Waals surface area contributed by atoms with Crippen LogP contribution in [0.15, 0.2) is 83.8 Å². The maximum atomic E-state index is 13.3. The molecular formula is C23H23Cl2N3O2S. The van der Waals surface area contributed by atoms with Crippen molar-refractivity contribution in [1.29, 1.82) is 0 Å². The highest BCUT2D eigenvalue weighted by Gasteiger charge is 2.26. The summed E-state index contributed by atoms with van der Waals surface area (Å²) in [6.45, 7) is 0.832. The van der Waals surface area contributed by atoms with Gasteiger partial charge in [-0.2, -0.15) is 0 Å². The number of rotatable bonds is 9. The fourth-order valence-electron chi connectivity index (χ4n) is 3.00. The second kappa shape index (κ2) is 10.7. The van der Waals surface area contributed by atoms with Gasteiger partial charge in [0.25, 0.3) is 10.0 Å². The summed E-state index contributed by atoms with van der Waals surface area (Å²) >= 11 is 11.8. The molecule has 0 saturated carbocycles. The number of hydrogen-bond acceptors (Lipinski definition) is 4. The van der Waals surface area contributed by atoms with E-state index in [1.807, 2.05) is 48.6 Å². The number of hydrogen-bond donors (Lipinski definition) is 2. The summed E-state index contributed by atoms with van der Waals surface area (Å²) in [5, 5.41) is 4.44. The summed E-state index contributed by atoms with van der Waals surface area (Å²) in [6, 6.07) is 20.9. The van der Waals surface area contributed by atoms with Crippen LogP contribution in [0.1, 0.15) is 5.56 Å². The van der Waals surface area contributed by atoms with Gasteiger partial charge in [-0.15, -0.1) is 0 Å². The molecule has 0 bridgehead atoms. The SMILES string of the molecule is NCCN(c1ccccc1NC/C=C/c1ccc(Cl)cc1)S(=O)(=O)c1ccc(Cl)cc1. The summed E-state index contributed by atoms with van der Waals surface area (Å²) in [7, 11) is -3.81. The van der Waals surface area contributed by atoms with Crippen LogP contribution in [0, 0.1) is 0 Å². The lowest BCUT2D eigenvalue weighted by atomic mass is 10.2. The van der Waals surface area contributed by atoms with E-state index < -0.39 is 10.0 Å². The topological polar surface area (TPSA) is 75.4 Å². The predicted octanol–water partition coefficient (Wildman–Crippen LogP) is 5.27. The molecule has 3 aromatic carbocycles. The molecule has 0 radical (unpaired) electrons. The molecule has 3 rings (SSSR count). The molecule has 0 aliphatic rings. The van der Waals surface area contributed by atoms with Crippen LogP contribution in [0.5, 0.6) is 0 Å².